The molecule has 9 heteroatoms. The highest BCUT2D eigenvalue weighted by Gasteiger charge is 2.32. The van der Waals surface area contributed by atoms with Crippen LogP contribution in [0.5, 0.6) is 5.75 Å². The van der Waals surface area contributed by atoms with Gasteiger partial charge in [-0.1, -0.05) is 22.0 Å². The minimum Gasteiger partial charge on any atom is -0.497 e. The first kappa shape index (κ1) is 21.5. The van der Waals surface area contributed by atoms with Gasteiger partial charge in [-0.2, -0.15) is 0 Å². The smallest absolute Gasteiger partial charge is 0.338 e. The maximum atomic E-state index is 13.7. The van der Waals surface area contributed by atoms with Crippen LogP contribution in [-0.4, -0.2) is 30.5 Å². The van der Waals surface area contributed by atoms with E-state index in [0.717, 1.165) is 16.0 Å². The summed E-state index contributed by atoms with van der Waals surface area (Å²) in [5.74, 6) is 0.430. The maximum Gasteiger partial charge on any atom is 0.338 e. The highest BCUT2D eigenvalue weighted by Crippen LogP contribution is 2.37. The van der Waals surface area contributed by atoms with Crippen LogP contribution in [0.1, 0.15) is 30.5 Å². The Kier molecular flexibility index (Phi) is 6.06. The van der Waals surface area contributed by atoms with Crippen LogP contribution in [0.25, 0.3) is 10.2 Å². The molecular formula is C22H19BrFN3O3S. The summed E-state index contributed by atoms with van der Waals surface area (Å²) >= 11 is 4.87. The number of nitrogens with zero attached hydrogens (tertiary/aromatic N) is 2. The van der Waals surface area contributed by atoms with E-state index >= 15 is 0 Å². The van der Waals surface area contributed by atoms with E-state index in [-0.39, 0.29) is 12.4 Å². The van der Waals surface area contributed by atoms with Crippen molar-refractivity contribution in [1.29, 1.82) is 0 Å². The largest absolute Gasteiger partial charge is 0.497 e. The van der Waals surface area contributed by atoms with Gasteiger partial charge in [0.15, 0.2) is 10.8 Å². The van der Waals surface area contributed by atoms with Gasteiger partial charge in [-0.15, -0.1) is 11.3 Å². The van der Waals surface area contributed by atoms with E-state index in [0.29, 0.717) is 32.1 Å². The zero-order valence-electron chi connectivity index (χ0n) is 17.0. The lowest BCUT2D eigenvalue weighted by Gasteiger charge is -2.26. The van der Waals surface area contributed by atoms with Crippen LogP contribution >= 0.6 is 27.3 Å². The molecule has 1 aliphatic heterocycles. The summed E-state index contributed by atoms with van der Waals surface area (Å²) in [6, 6.07) is 9.30. The molecule has 1 N–H and O–H groups in total. The molecular weight excluding hydrogens is 485 g/mol. The zero-order chi connectivity index (χ0) is 22.1. The van der Waals surface area contributed by atoms with Gasteiger partial charge < -0.3 is 14.8 Å². The third-order valence-corrected chi connectivity index (χ3v) is 6.50. The van der Waals surface area contributed by atoms with E-state index in [2.05, 4.69) is 26.2 Å². The van der Waals surface area contributed by atoms with Gasteiger partial charge in [-0.25, -0.2) is 14.2 Å². The monoisotopic (exact) mass is 503 g/mol. The molecule has 0 radical (unpaired) electrons. The lowest BCUT2D eigenvalue weighted by molar-refractivity contribution is -0.138. The summed E-state index contributed by atoms with van der Waals surface area (Å²) in [4.78, 5) is 22.2. The molecule has 2 aromatic carbocycles. The minimum absolute atomic E-state index is 0.239. The molecule has 160 valence electrons. The number of hydrogen-bond donors (Lipinski definition) is 1. The molecule has 0 aliphatic carbocycles. The number of aromatic nitrogens is 1. The molecule has 0 saturated heterocycles. The Balaban J connectivity index is 1.82. The summed E-state index contributed by atoms with van der Waals surface area (Å²) < 4.78 is 25.7. The van der Waals surface area contributed by atoms with Crippen LogP contribution in [-0.2, 0) is 9.53 Å². The van der Waals surface area contributed by atoms with Gasteiger partial charge in [0.1, 0.15) is 17.6 Å². The van der Waals surface area contributed by atoms with Gasteiger partial charge in [0.2, 0.25) is 0 Å². The van der Waals surface area contributed by atoms with E-state index in [4.69, 9.17) is 14.5 Å². The van der Waals surface area contributed by atoms with Gasteiger partial charge in [-0.3, -0.25) is 4.99 Å². The number of methoxy groups -OCH3 is 1. The van der Waals surface area contributed by atoms with E-state index in [1.165, 1.54) is 23.5 Å². The van der Waals surface area contributed by atoms with E-state index in [9.17, 15) is 9.18 Å². The molecule has 6 nitrogen and oxygen atoms in total. The summed E-state index contributed by atoms with van der Waals surface area (Å²) in [6.45, 7) is 3.78. The molecule has 0 amide bonds. The maximum absolute atomic E-state index is 13.7. The molecule has 1 atom stereocenters. The van der Waals surface area contributed by atoms with Crippen LogP contribution in [0.15, 0.2) is 57.1 Å². The van der Waals surface area contributed by atoms with Crippen molar-refractivity contribution in [3.05, 3.63) is 68.5 Å². The van der Waals surface area contributed by atoms with E-state index in [1.807, 2.05) is 18.2 Å². The van der Waals surface area contributed by atoms with E-state index in [1.54, 1.807) is 27.0 Å². The normalized spacial score (nSPS) is 16.2. The molecule has 4 rings (SSSR count). The van der Waals surface area contributed by atoms with Crippen molar-refractivity contribution in [2.24, 2.45) is 4.99 Å². The Bertz CT molecular complexity index is 1240. The number of allylic oxidation sites excluding steroid dienone is 1. The van der Waals surface area contributed by atoms with Crippen LogP contribution < -0.4 is 10.1 Å². The predicted octanol–water partition coefficient (Wildman–Crippen LogP) is 5.13. The van der Waals surface area contributed by atoms with Gasteiger partial charge in [0, 0.05) is 10.2 Å². The van der Waals surface area contributed by atoms with Gasteiger partial charge in [0.05, 0.1) is 29.5 Å². The Labute approximate surface area is 190 Å². The molecule has 2 heterocycles. The standard InChI is InChI=1S/C22H19BrFN3O3S/c1-4-30-22(28)18-11(2)25-20(27-19(18)14-7-5-12(24)9-15(14)23)21-26-16-8-6-13(29-3)10-17(16)31-21/h5-10,19H,4H2,1-3H3,(H,25,27). The SMILES string of the molecule is CCOC(=O)C1=C(C)NC(c2nc3ccc(OC)cc3s2)=NC1c1ccc(F)cc1Br. The first-order chi connectivity index (χ1) is 14.9. The number of rotatable bonds is 5. The predicted molar refractivity (Wildman–Crippen MR) is 122 cm³/mol. The number of fused-ring (bicyclic) bond motifs is 1. The second-order valence-electron chi connectivity index (χ2n) is 6.78. The number of benzene rings is 2. The molecule has 1 aliphatic rings. The second kappa shape index (κ2) is 8.76. The Morgan fingerprint density at radius 2 is 2.10 bits per heavy atom. The average molecular weight is 504 g/mol. The van der Waals surface area contributed by atoms with Crippen molar-refractivity contribution in [2.45, 2.75) is 19.9 Å². The minimum atomic E-state index is -0.674. The molecule has 1 unspecified atom stereocenters. The molecule has 0 bridgehead atoms. The van der Waals surface area contributed by atoms with Crippen molar-refractivity contribution >= 4 is 49.3 Å². The average Bonchev–Trinajstić information content (AvgIpc) is 3.16. The summed E-state index contributed by atoms with van der Waals surface area (Å²) in [5.41, 5.74) is 2.47. The lowest BCUT2D eigenvalue weighted by Crippen LogP contribution is -2.32. The number of carbonyl (C=O) groups is 1. The number of hydrogen-bond acceptors (Lipinski definition) is 7. The third-order valence-electron chi connectivity index (χ3n) is 4.79. The van der Waals surface area contributed by atoms with Crippen molar-refractivity contribution in [3.8, 4) is 5.75 Å². The number of nitrogens with one attached hydrogen (secondary N) is 1. The summed E-state index contributed by atoms with van der Waals surface area (Å²) in [6.07, 6.45) is 0. The van der Waals surface area contributed by atoms with Crippen LogP contribution in [0, 0.1) is 5.82 Å². The Hall–Kier alpha value is -2.78. The first-order valence-electron chi connectivity index (χ1n) is 9.54. The Morgan fingerprint density at radius 3 is 2.81 bits per heavy atom. The fourth-order valence-electron chi connectivity index (χ4n) is 3.34. The number of amidine groups is 1. The van der Waals surface area contributed by atoms with Crippen LogP contribution in [0.4, 0.5) is 4.39 Å². The molecule has 0 fully saturated rings. The molecule has 0 spiro atoms. The van der Waals surface area contributed by atoms with Gasteiger partial charge >= 0.3 is 5.97 Å². The number of esters is 1. The van der Waals surface area contributed by atoms with Crippen molar-refractivity contribution in [1.82, 2.24) is 10.3 Å². The highest BCUT2D eigenvalue weighted by molar-refractivity contribution is 9.10. The number of aliphatic imine (C=N–C) groups is 1. The number of ether oxygens (including phenoxy) is 2. The Morgan fingerprint density at radius 1 is 1.29 bits per heavy atom. The van der Waals surface area contributed by atoms with Gasteiger partial charge in [0.25, 0.3) is 0 Å². The van der Waals surface area contributed by atoms with Crippen LogP contribution in [0.3, 0.4) is 0 Å². The fraction of sp³-hybridized carbons (Fsp3) is 0.227. The quantitative estimate of drug-likeness (QED) is 0.488. The number of carbonyl (C=O) groups excluding carboxylic acids is 1. The summed E-state index contributed by atoms with van der Waals surface area (Å²) in [5, 5.41) is 3.87. The number of thiazole rings is 1. The molecule has 3 aromatic rings. The van der Waals surface area contributed by atoms with Crippen molar-refractivity contribution in [2.75, 3.05) is 13.7 Å². The van der Waals surface area contributed by atoms with Crippen LogP contribution in [0.2, 0.25) is 0 Å². The fourth-order valence-corrected chi connectivity index (χ4v) is 4.85. The highest BCUT2D eigenvalue weighted by atomic mass is 79.9. The van der Waals surface area contributed by atoms with Crippen molar-refractivity contribution in [3.63, 3.8) is 0 Å². The van der Waals surface area contributed by atoms with Gasteiger partial charge in [-0.05, 0) is 49.7 Å². The molecule has 0 saturated carbocycles. The van der Waals surface area contributed by atoms with E-state index < -0.39 is 12.0 Å². The van der Waals surface area contributed by atoms with Crippen molar-refractivity contribution < 1.29 is 18.7 Å². The molecule has 31 heavy (non-hydrogen) atoms. The summed E-state index contributed by atoms with van der Waals surface area (Å²) in [7, 11) is 1.62. The number of halogens is 2. The lowest BCUT2D eigenvalue weighted by atomic mass is 9.96. The topological polar surface area (TPSA) is 72.8 Å². The third kappa shape index (κ3) is 4.20. The molecule has 1 aromatic heterocycles. The first-order valence-corrected chi connectivity index (χ1v) is 11.1. The zero-order valence-corrected chi connectivity index (χ0v) is 19.4. The second-order valence-corrected chi connectivity index (χ2v) is 8.67.